The van der Waals surface area contributed by atoms with E-state index in [2.05, 4.69) is 16.0 Å². The van der Waals surface area contributed by atoms with E-state index in [9.17, 15) is 4.79 Å². The Labute approximate surface area is 112 Å². The Balaban J connectivity index is 2.23. The Bertz CT molecular complexity index is 600. The Morgan fingerprint density at radius 3 is 2.79 bits per heavy atom. The molecule has 2 N–H and O–H groups in total. The van der Waals surface area contributed by atoms with E-state index in [1.165, 1.54) is 5.56 Å². The van der Waals surface area contributed by atoms with Crippen molar-refractivity contribution >= 4 is 5.97 Å². The number of aromatic nitrogens is 2. The maximum atomic E-state index is 11.1. The maximum absolute atomic E-state index is 11.1. The standard InChI is InChI=1S/C15H18N2O2/c1-10-5-4-6-11(7-10)12-9-16-13(17-12)8-15(2,3)14(18)19/h4-7,9H,8H2,1-3H3,(H,16,17)(H,18,19). The van der Waals surface area contributed by atoms with E-state index in [-0.39, 0.29) is 0 Å². The van der Waals surface area contributed by atoms with E-state index < -0.39 is 11.4 Å². The average molecular weight is 258 g/mol. The SMILES string of the molecule is Cc1cccc(-c2cnc(CC(C)(C)C(=O)O)[nH]2)c1. The first-order valence-corrected chi connectivity index (χ1v) is 6.23. The van der Waals surface area contributed by atoms with E-state index >= 15 is 0 Å². The first-order valence-electron chi connectivity index (χ1n) is 6.23. The van der Waals surface area contributed by atoms with Crippen molar-refractivity contribution < 1.29 is 9.90 Å². The van der Waals surface area contributed by atoms with E-state index in [0.717, 1.165) is 11.3 Å². The van der Waals surface area contributed by atoms with Gasteiger partial charge in [-0.1, -0.05) is 23.8 Å². The van der Waals surface area contributed by atoms with Crippen molar-refractivity contribution in [1.29, 1.82) is 0 Å². The van der Waals surface area contributed by atoms with Crippen LogP contribution in [0.5, 0.6) is 0 Å². The first-order chi connectivity index (χ1) is 8.88. The molecule has 0 spiro atoms. The molecule has 0 saturated carbocycles. The van der Waals surface area contributed by atoms with Crippen LogP contribution in [0, 0.1) is 12.3 Å². The quantitative estimate of drug-likeness (QED) is 0.885. The van der Waals surface area contributed by atoms with Gasteiger partial charge >= 0.3 is 5.97 Å². The molecule has 0 bridgehead atoms. The van der Waals surface area contributed by atoms with Crippen molar-refractivity contribution in [1.82, 2.24) is 9.97 Å². The number of imidazole rings is 1. The minimum atomic E-state index is -0.819. The number of carboxylic acids is 1. The van der Waals surface area contributed by atoms with Crippen LogP contribution in [0.2, 0.25) is 0 Å². The summed E-state index contributed by atoms with van der Waals surface area (Å²) in [6.07, 6.45) is 2.14. The van der Waals surface area contributed by atoms with Crippen LogP contribution >= 0.6 is 0 Å². The van der Waals surface area contributed by atoms with Crippen molar-refractivity contribution in [2.75, 3.05) is 0 Å². The second-order valence-corrected chi connectivity index (χ2v) is 5.48. The largest absolute Gasteiger partial charge is 0.481 e. The van der Waals surface area contributed by atoms with Gasteiger partial charge in [-0.25, -0.2) is 4.98 Å². The number of hydrogen-bond acceptors (Lipinski definition) is 2. The lowest BCUT2D eigenvalue weighted by atomic mass is 9.89. The molecule has 0 aliphatic rings. The molecule has 0 amide bonds. The molecule has 1 heterocycles. The smallest absolute Gasteiger partial charge is 0.309 e. The maximum Gasteiger partial charge on any atom is 0.309 e. The highest BCUT2D eigenvalue weighted by atomic mass is 16.4. The van der Waals surface area contributed by atoms with Crippen LogP contribution in [-0.2, 0) is 11.2 Å². The summed E-state index contributed by atoms with van der Waals surface area (Å²) in [5.74, 6) is -0.120. The van der Waals surface area contributed by atoms with Crippen LogP contribution in [0.15, 0.2) is 30.5 Å². The number of hydrogen-bond donors (Lipinski definition) is 2. The van der Waals surface area contributed by atoms with E-state index in [4.69, 9.17) is 5.11 Å². The third kappa shape index (κ3) is 3.02. The van der Waals surface area contributed by atoms with Crippen molar-refractivity contribution in [3.05, 3.63) is 41.9 Å². The summed E-state index contributed by atoms with van der Waals surface area (Å²) < 4.78 is 0. The molecular weight excluding hydrogens is 240 g/mol. The lowest BCUT2D eigenvalue weighted by Crippen LogP contribution is -2.26. The van der Waals surface area contributed by atoms with Gasteiger partial charge in [-0.2, -0.15) is 0 Å². The second kappa shape index (κ2) is 4.88. The highest BCUT2D eigenvalue weighted by Crippen LogP contribution is 2.23. The Morgan fingerprint density at radius 2 is 2.16 bits per heavy atom. The van der Waals surface area contributed by atoms with E-state index in [0.29, 0.717) is 12.2 Å². The molecular formula is C15H18N2O2. The molecule has 1 aromatic heterocycles. The first kappa shape index (κ1) is 13.3. The number of nitrogens with zero attached hydrogens (tertiary/aromatic N) is 1. The van der Waals surface area contributed by atoms with E-state index in [1.807, 2.05) is 25.1 Å². The van der Waals surface area contributed by atoms with Gasteiger partial charge in [0.1, 0.15) is 5.82 Å². The van der Waals surface area contributed by atoms with Gasteiger partial charge in [0, 0.05) is 6.42 Å². The number of nitrogens with one attached hydrogen (secondary N) is 1. The number of aryl methyl sites for hydroxylation is 1. The number of benzene rings is 1. The molecule has 0 saturated heterocycles. The summed E-state index contributed by atoms with van der Waals surface area (Å²) in [4.78, 5) is 18.6. The predicted molar refractivity (Wildman–Crippen MR) is 73.9 cm³/mol. The fourth-order valence-corrected chi connectivity index (χ4v) is 1.91. The van der Waals surface area contributed by atoms with Gasteiger partial charge in [0.25, 0.3) is 0 Å². The van der Waals surface area contributed by atoms with Gasteiger partial charge in [0.2, 0.25) is 0 Å². The number of carbonyl (C=O) groups is 1. The molecule has 0 aliphatic carbocycles. The summed E-state index contributed by atoms with van der Waals surface area (Å²) in [6.45, 7) is 5.43. The summed E-state index contributed by atoms with van der Waals surface area (Å²) in [7, 11) is 0. The second-order valence-electron chi connectivity index (χ2n) is 5.48. The van der Waals surface area contributed by atoms with Crippen molar-refractivity contribution in [3.8, 4) is 11.3 Å². The average Bonchev–Trinajstić information content (AvgIpc) is 2.76. The molecule has 19 heavy (non-hydrogen) atoms. The lowest BCUT2D eigenvalue weighted by molar-refractivity contribution is -0.146. The van der Waals surface area contributed by atoms with Crippen LogP contribution in [0.4, 0.5) is 0 Å². The zero-order valence-electron chi connectivity index (χ0n) is 11.4. The summed E-state index contributed by atoms with van der Waals surface area (Å²) >= 11 is 0. The molecule has 0 radical (unpaired) electrons. The molecule has 2 rings (SSSR count). The number of carboxylic acid groups (broad SMARTS) is 1. The van der Waals surface area contributed by atoms with Gasteiger partial charge in [-0.05, 0) is 32.4 Å². The minimum absolute atomic E-state index is 0.383. The van der Waals surface area contributed by atoms with Crippen LogP contribution < -0.4 is 0 Å². The van der Waals surface area contributed by atoms with Crippen molar-refractivity contribution in [2.24, 2.45) is 5.41 Å². The minimum Gasteiger partial charge on any atom is -0.481 e. The molecule has 4 nitrogen and oxygen atoms in total. The van der Waals surface area contributed by atoms with E-state index in [1.54, 1.807) is 20.0 Å². The molecule has 0 unspecified atom stereocenters. The third-order valence-electron chi connectivity index (χ3n) is 3.15. The Morgan fingerprint density at radius 1 is 1.42 bits per heavy atom. The summed E-state index contributed by atoms with van der Waals surface area (Å²) in [6, 6.07) is 8.10. The molecule has 0 atom stereocenters. The zero-order valence-corrected chi connectivity index (χ0v) is 11.4. The zero-order chi connectivity index (χ0) is 14.0. The van der Waals surface area contributed by atoms with Crippen LogP contribution in [0.1, 0.15) is 25.2 Å². The summed E-state index contributed by atoms with van der Waals surface area (Å²) in [5.41, 5.74) is 2.34. The molecule has 0 fully saturated rings. The highest BCUT2D eigenvalue weighted by Gasteiger charge is 2.28. The third-order valence-corrected chi connectivity index (χ3v) is 3.15. The Kier molecular flexibility index (Phi) is 3.42. The summed E-state index contributed by atoms with van der Waals surface area (Å²) in [5, 5.41) is 9.12. The molecule has 4 heteroatoms. The number of aliphatic carboxylic acids is 1. The van der Waals surface area contributed by atoms with Gasteiger partial charge in [-0.15, -0.1) is 0 Å². The Hall–Kier alpha value is -2.10. The highest BCUT2D eigenvalue weighted by molar-refractivity contribution is 5.73. The topological polar surface area (TPSA) is 66.0 Å². The van der Waals surface area contributed by atoms with Crippen molar-refractivity contribution in [2.45, 2.75) is 27.2 Å². The molecule has 100 valence electrons. The number of H-pyrrole nitrogens is 1. The van der Waals surface area contributed by atoms with Gasteiger partial charge < -0.3 is 10.1 Å². The fourth-order valence-electron chi connectivity index (χ4n) is 1.91. The van der Waals surface area contributed by atoms with Gasteiger partial charge in [0.05, 0.1) is 17.3 Å². The van der Waals surface area contributed by atoms with Gasteiger partial charge in [0.15, 0.2) is 0 Å². The lowest BCUT2D eigenvalue weighted by Gasteiger charge is -2.16. The fraction of sp³-hybridized carbons (Fsp3) is 0.333. The van der Waals surface area contributed by atoms with Gasteiger partial charge in [-0.3, -0.25) is 4.79 Å². The predicted octanol–water partition coefficient (Wildman–Crippen LogP) is 3.04. The normalized spacial score (nSPS) is 11.5. The molecule has 1 aromatic carbocycles. The van der Waals surface area contributed by atoms with Crippen LogP contribution in [0.25, 0.3) is 11.3 Å². The monoisotopic (exact) mass is 258 g/mol. The van der Waals surface area contributed by atoms with Crippen LogP contribution in [-0.4, -0.2) is 21.0 Å². The molecule has 0 aliphatic heterocycles. The number of rotatable bonds is 4. The van der Waals surface area contributed by atoms with Crippen molar-refractivity contribution in [3.63, 3.8) is 0 Å². The number of aromatic amines is 1. The van der Waals surface area contributed by atoms with Crippen LogP contribution in [0.3, 0.4) is 0 Å². The molecule has 2 aromatic rings.